The van der Waals surface area contributed by atoms with Gasteiger partial charge in [-0.1, -0.05) is 0 Å². The second-order valence-electron chi connectivity index (χ2n) is 1.66. The third-order valence-electron chi connectivity index (χ3n) is 0.856. The molecule has 0 aliphatic carbocycles. The van der Waals surface area contributed by atoms with Gasteiger partial charge in [-0.05, 0) is 0 Å². The lowest BCUT2D eigenvalue weighted by Crippen LogP contribution is -2.12. The van der Waals surface area contributed by atoms with Gasteiger partial charge in [0.2, 0.25) is 0 Å². The van der Waals surface area contributed by atoms with Crippen LogP contribution >= 0.6 is 0 Å². The van der Waals surface area contributed by atoms with Crippen molar-refractivity contribution in [1.82, 2.24) is 0 Å². The molecule has 0 saturated heterocycles. The molecule has 0 heterocycles. The summed E-state index contributed by atoms with van der Waals surface area (Å²) in [5, 5.41) is 16.3. The van der Waals surface area contributed by atoms with E-state index in [1.807, 2.05) is 0 Å². The Morgan fingerprint density at radius 2 is 1.91 bits per heavy atom. The monoisotopic (exact) mass is 174 g/mol. The maximum absolute atomic E-state index is 10.0. The van der Waals surface area contributed by atoms with Crippen LogP contribution in [0.1, 0.15) is 12.8 Å². The summed E-state index contributed by atoms with van der Waals surface area (Å²) in [6.07, 6.45) is -0.879. The van der Waals surface area contributed by atoms with Crippen LogP contribution in [0.5, 0.6) is 0 Å². The van der Waals surface area contributed by atoms with Crippen LogP contribution in [0.15, 0.2) is 0 Å². The zero-order valence-electron chi connectivity index (χ0n) is 5.56. The Kier molecular flexibility index (Phi) is 5.30. The number of hydrogen-bond donors (Lipinski definition) is 1. The van der Waals surface area contributed by atoms with Crippen molar-refractivity contribution in [2.75, 3.05) is 0 Å². The van der Waals surface area contributed by atoms with Crippen molar-refractivity contribution in [2.24, 2.45) is 0 Å². The van der Waals surface area contributed by atoms with E-state index in [4.69, 9.17) is 15.1 Å². The van der Waals surface area contributed by atoms with Crippen LogP contribution in [0, 0.1) is 22.7 Å². The average molecular weight is 174 g/mol. The quantitative estimate of drug-likeness (QED) is 0.620. The van der Waals surface area contributed by atoms with Gasteiger partial charge in [0.25, 0.3) is 0 Å². The highest BCUT2D eigenvalue weighted by Crippen LogP contribution is 2.03. The van der Waals surface area contributed by atoms with Gasteiger partial charge in [0, 0.05) is 0 Å². The van der Waals surface area contributed by atoms with E-state index in [9.17, 15) is 4.21 Å². The highest BCUT2D eigenvalue weighted by Gasteiger charge is 2.10. The Labute approximate surface area is 66.7 Å². The highest BCUT2D eigenvalue weighted by molar-refractivity contribution is 7.74. The normalized spacial score (nSPS) is 12.0. The third kappa shape index (κ3) is 5.49. The first-order valence-corrected chi connectivity index (χ1v) is 3.75. The lowest BCUT2D eigenvalue weighted by atomic mass is 10.2. The maximum atomic E-state index is 10.0. The molecule has 11 heavy (non-hydrogen) atoms. The SMILES string of the molecule is N#CCC(CC#N)OS(=O)O. The van der Waals surface area contributed by atoms with Crippen LogP contribution in [0.2, 0.25) is 0 Å². The molecule has 0 aliphatic rings. The van der Waals surface area contributed by atoms with E-state index in [1.54, 1.807) is 12.1 Å². The van der Waals surface area contributed by atoms with Crippen LogP contribution in [-0.4, -0.2) is 14.9 Å². The summed E-state index contributed by atoms with van der Waals surface area (Å²) in [6, 6.07) is 3.47. The number of rotatable bonds is 4. The largest absolute Gasteiger partial charge is 0.302 e. The molecule has 1 atom stereocenters. The van der Waals surface area contributed by atoms with E-state index in [0.29, 0.717) is 0 Å². The van der Waals surface area contributed by atoms with Crippen molar-refractivity contribution in [3.8, 4) is 12.1 Å². The molecule has 1 unspecified atom stereocenters. The Morgan fingerprint density at radius 3 is 2.18 bits per heavy atom. The minimum Gasteiger partial charge on any atom is -0.284 e. The maximum Gasteiger partial charge on any atom is 0.302 e. The van der Waals surface area contributed by atoms with Crippen LogP contribution in [0.25, 0.3) is 0 Å². The van der Waals surface area contributed by atoms with Crippen LogP contribution in [0.3, 0.4) is 0 Å². The van der Waals surface area contributed by atoms with Gasteiger partial charge >= 0.3 is 11.4 Å². The summed E-state index contributed by atoms with van der Waals surface area (Å²) >= 11 is -2.40. The van der Waals surface area contributed by atoms with Crippen LogP contribution in [-0.2, 0) is 15.5 Å². The topological polar surface area (TPSA) is 94.1 Å². The molecule has 6 heteroatoms. The number of nitrogens with zero attached hydrogens (tertiary/aromatic N) is 2. The smallest absolute Gasteiger partial charge is 0.284 e. The molecule has 0 radical (unpaired) electrons. The van der Waals surface area contributed by atoms with Crippen molar-refractivity contribution >= 4 is 11.4 Å². The van der Waals surface area contributed by atoms with Gasteiger partial charge < -0.3 is 0 Å². The van der Waals surface area contributed by atoms with Crippen molar-refractivity contribution in [3.63, 3.8) is 0 Å². The second kappa shape index (κ2) is 5.81. The number of hydrogen-bond acceptors (Lipinski definition) is 4. The van der Waals surface area contributed by atoms with Gasteiger partial charge in [-0.3, -0.25) is 8.74 Å². The van der Waals surface area contributed by atoms with E-state index in [1.165, 1.54) is 0 Å². The third-order valence-corrected chi connectivity index (χ3v) is 1.29. The first-order chi connectivity index (χ1) is 5.20. The first-order valence-electron chi connectivity index (χ1n) is 2.72. The molecule has 0 spiro atoms. The van der Waals surface area contributed by atoms with Crippen LogP contribution in [0.4, 0.5) is 0 Å². The van der Waals surface area contributed by atoms with E-state index in [2.05, 4.69) is 4.18 Å². The summed E-state index contributed by atoms with van der Waals surface area (Å²) in [5.41, 5.74) is 0. The Hall–Kier alpha value is -0.950. The van der Waals surface area contributed by atoms with Gasteiger partial charge in [-0.2, -0.15) is 14.7 Å². The molecule has 0 aromatic carbocycles. The van der Waals surface area contributed by atoms with Crippen LogP contribution < -0.4 is 0 Å². The van der Waals surface area contributed by atoms with Gasteiger partial charge in [0.05, 0.1) is 25.0 Å². The molecule has 0 bridgehead atoms. The summed E-state index contributed by atoms with van der Waals surface area (Å²) in [6.45, 7) is 0. The van der Waals surface area contributed by atoms with Crippen molar-refractivity contribution in [3.05, 3.63) is 0 Å². The Balaban J connectivity index is 3.82. The van der Waals surface area contributed by atoms with E-state index in [0.717, 1.165) is 0 Å². The average Bonchev–Trinajstić information content (AvgIpc) is 1.87. The van der Waals surface area contributed by atoms with Crippen molar-refractivity contribution in [2.45, 2.75) is 18.9 Å². The highest BCUT2D eigenvalue weighted by atomic mass is 32.2. The summed E-state index contributed by atoms with van der Waals surface area (Å²) in [7, 11) is 0. The van der Waals surface area contributed by atoms with E-state index < -0.39 is 17.5 Å². The standard InChI is InChI=1S/C5H6N2O3S/c6-3-1-5(2-4-7)10-11(8)9/h5H,1-2H2,(H,8,9). The molecule has 0 amide bonds. The molecule has 0 aliphatic heterocycles. The minimum absolute atomic E-state index is 0.0557. The Morgan fingerprint density at radius 1 is 1.45 bits per heavy atom. The lowest BCUT2D eigenvalue weighted by Gasteiger charge is -2.04. The summed E-state index contributed by atoms with van der Waals surface area (Å²) in [4.78, 5) is 0. The zero-order chi connectivity index (χ0) is 8.69. The molecule has 1 N–H and O–H groups in total. The molecular formula is C5H6N2O3S. The Bertz CT molecular complexity index is 201. The van der Waals surface area contributed by atoms with Gasteiger partial charge in [-0.25, -0.2) is 0 Å². The predicted octanol–water partition coefficient (Wildman–Crippen LogP) is 0.336. The molecule has 0 rings (SSSR count). The zero-order valence-corrected chi connectivity index (χ0v) is 6.37. The summed E-state index contributed by atoms with van der Waals surface area (Å²) < 4.78 is 22.6. The molecule has 0 aromatic rings. The van der Waals surface area contributed by atoms with E-state index in [-0.39, 0.29) is 12.8 Å². The first kappa shape index (κ1) is 10.0. The molecule has 0 fully saturated rings. The fraction of sp³-hybridized carbons (Fsp3) is 0.600. The molecule has 60 valence electrons. The fourth-order valence-electron chi connectivity index (χ4n) is 0.460. The van der Waals surface area contributed by atoms with Gasteiger partial charge in [0.15, 0.2) is 0 Å². The lowest BCUT2D eigenvalue weighted by molar-refractivity contribution is 0.213. The summed E-state index contributed by atoms with van der Waals surface area (Å²) in [5.74, 6) is 0. The van der Waals surface area contributed by atoms with E-state index >= 15 is 0 Å². The minimum atomic E-state index is -2.40. The van der Waals surface area contributed by atoms with Crippen molar-refractivity contribution < 1.29 is 12.9 Å². The van der Waals surface area contributed by atoms with Crippen molar-refractivity contribution in [1.29, 1.82) is 10.5 Å². The molecule has 0 aromatic heterocycles. The molecule has 5 nitrogen and oxygen atoms in total. The van der Waals surface area contributed by atoms with Gasteiger partial charge in [-0.15, -0.1) is 0 Å². The predicted molar refractivity (Wildman–Crippen MR) is 36.1 cm³/mol. The number of nitriles is 2. The molecular weight excluding hydrogens is 168 g/mol. The molecule has 0 saturated carbocycles. The fourth-order valence-corrected chi connectivity index (χ4v) is 0.829. The second-order valence-corrected chi connectivity index (χ2v) is 2.29. The van der Waals surface area contributed by atoms with Gasteiger partial charge in [0.1, 0.15) is 6.10 Å².